The first-order valence-corrected chi connectivity index (χ1v) is 7.65. The van der Waals surface area contributed by atoms with Crippen LogP contribution in [0.15, 0.2) is 29.0 Å². The largest absolute Gasteiger partial charge is 0.324 e. The van der Waals surface area contributed by atoms with Crippen molar-refractivity contribution in [2.24, 2.45) is 11.7 Å². The highest BCUT2D eigenvalue weighted by atomic mass is 79.9. The van der Waals surface area contributed by atoms with Crippen molar-refractivity contribution in [2.45, 2.75) is 39.8 Å². The lowest BCUT2D eigenvalue weighted by Gasteiger charge is -2.16. The van der Waals surface area contributed by atoms with Crippen LogP contribution in [0.3, 0.4) is 0 Å². The Morgan fingerprint density at radius 2 is 2.10 bits per heavy atom. The molecule has 2 N–H and O–H groups in total. The highest BCUT2D eigenvalue weighted by Gasteiger charge is 2.15. The predicted molar refractivity (Wildman–Crippen MR) is 84.4 cm³/mol. The third-order valence-corrected chi connectivity index (χ3v) is 4.20. The summed E-state index contributed by atoms with van der Waals surface area (Å²) in [4.78, 5) is 4.35. The third kappa shape index (κ3) is 3.46. The molecule has 2 aromatic rings. The Balaban J connectivity index is 2.17. The summed E-state index contributed by atoms with van der Waals surface area (Å²) in [6, 6.07) is 6.06. The van der Waals surface area contributed by atoms with Crippen molar-refractivity contribution >= 4 is 15.9 Å². The van der Waals surface area contributed by atoms with E-state index >= 15 is 0 Å². The van der Waals surface area contributed by atoms with Gasteiger partial charge in [-0.05, 0) is 30.0 Å². The van der Waals surface area contributed by atoms with Crippen molar-refractivity contribution in [3.8, 4) is 0 Å². The van der Waals surface area contributed by atoms with E-state index in [-0.39, 0.29) is 6.04 Å². The van der Waals surface area contributed by atoms with Crippen molar-refractivity contribution in [3.05, 3.63) is 46.0 Å². The zero-order valence-corrected chi connectivity index (χ0v) is 13.8. The molecule has 4 nitrogen and oxygen atoms in total. The SMILES string of the molecule is Cc1c(Br)cccc1C(N)Cc1ncnn1CC(C)C. The molecule has 0 aliphatic carbocycles. The Morgan fingerprint density at radius 1 is 1.35 bits per heavy atom. The minimum Gasteiger partial charge on any atom is -0.324 e. The quantitative estimate of drug-likeness (QED) is 0.911. The van der Waals surface area contributed by atoms with Crippen LogP contribution in [-0.2, 0) is 13.0 Å². The third-order valence-electron chi connectivity index (χ3n) is 3.35. The van der Waals surface area contributed by atoms with E-state index in [1.807, 2.05) is 16.8 Å². The van der Waals surface area contributed by atoms with E-state index in [1.54, 1.807) is 6.33 Å². The van der Waals surface area contributed by atoms with Crippen LogP contribution in [0.4, 0.5) is 0 Å². The van der Waals surface area contributed by atoms with E-state index in [0.29, 0.717) is 12.3 Å². The molecule has 1 atom stereocenters. The number of halogens is 1. The monoisotopic (exact) mass is 336 g/mol. The summed E-state index contributed by atoms with van der Waals surface area (Å²) in [5.74, 6) is 1.49. The van der Waals surface area contributed by atoms with Gasteiger partial charge in [0.05, 0.1) is 0 Å². The van der Waals surface area contributed by atoms with Gasteiger partial charge in [0.2, 0.25) is 0 Å². The second-order valence-electron chi connectivity index (χ2n) is 5.52. The molecule has 0 amide bonds. The lowest BCUT2D eigenvalue weighted by atomic mass is 9.99. The molecule has 0 bridgehead atoms. The van der Waals surface area contributed by atoms with Crippen LogP contribution in [0.25, 0.3) is 0 Å². The molecule has 20 heavy (non-hydrogen) atoms. The summed E-state index contributed by atoms with van der Waals surface area (Å²) < 4.78 is 3.05. The molecule has 5 heteroatoms. The molecule has 0 aliphatic heterocycles. The van der Waals surface area contributed by atoms with Gasteiger partial charge in [-0.3, -0.25) is 0 Å². The second kappa shape index (κ2) is 6.50. The highest BCUT2D eigenvalue weighted by Crippen LogP contribution is 2.25. The van der Waals surface area contributed by atoms with Crippen LogP contribution < -0.4 is 5.73 Å². The summed E-state index contributed by atoms with van der Waals surface area (Å²) in [5, 5.41) is 4.28. The molecule has 1 aromatic heterocycles. The number of rotatable bonds is 5. The van der Waals surface area contributed by atoms with Gasteiger partial charge in [-0.15, -0.1) is 0 Å². The van der Waals surface area contributed by atoms with Crippen molar-refractivity contribution in [1.29, 1.82) is 0 Å². The zero-order valence-electron chi connectivity index (χ0n) is 12.2. The minimum atomic E-state index is -0.0670. The molecule has 1 unspecified atom stereocenters. The molecule has 0 saturated heterocycles. The van der Waals surface area contributed by atoms with Crippen molar-refractivity contribution < 1.29 is 0 Å². The normalized spacial score (nSPS) is 12.9. The van der Waals surface area contributed by atoms with Crippen LogP contribution in [0.5, 0.6) is 0 Å². The summed E-state index contributed by atoms with van der Waals surface area (Å²) in [5.41, 5.74) is 8.69. The van der Waals surface area contributed by atoms with E-state index < -0.39 is 0 Å². The maximum absolute atomic E-state index is 6.35. The van der Waals surface area contributed by atoms with Crippen LogP contribution >= 0.6 is 15.9 Å². The van der Waals surface area contributed by atoms with E-state index in [1.165, 1.54) is 5.56 Å². The number of aromatic nitrogens is 3. The van der Waals surface area contributed by atoms with E-state index in [2.05, 4.69) is 52.9 Å². The molecule has 0 spiro atoms. The van der Waals surface area contributed by atoms with Crippen LogP contribution in [-0.4, -0.2) is 14.8 Å². The molecular weight excluding hydrogens is 316 g/mol. The van der Waals surface area contributed by atoms with Crippen LogP contribution in [0, 0.1) is 12.8 Å². The fourth-order valence-electron chi connectivity index (χ4n) is 2.28. The van der Waals surface area contributed by atoms with Crippen LogP contribution in [0.2, 0.25) is 0 Å². The molecule has 2 rings (SSSR count). The van der Waals surface area contributed by atoms with E-state index in [0.717, 1.165) is 22.4 Å². The smallest absolute Gasteiger partial charge is 0.138 e. The second-order valence-corrected chi connectivity index (χ2v) is 6.37. The standard InChI is InChI=1S/C15H21BrN4/c1-10(2)8-20-15(18-9-19-20)7-14(17)12-5-4-6-13(16)11(12)3/h4-6,9-10,14H,7-8,17H2,1-3H3. The summed E-state index contributed by atoms with van der Waals surface area (Å²) in [6.45, 7) is 7.30. The molecule has 108 valence electrons. The van der Waals surface area contributed by atoms with Crippen molar-refractivity contribution in [1.82, 2.24) is 14.8 Å². The number of nitrogens with two attached hydrogens (primary N) is 1. The molecule has 1 heterocycles. The Bertz CT molecular complexity index is 577. The number of benzene rings is 1. The van der Waals surface area contributed by atoms with Gasteiger partial charge in [-0.2, -0.15) is 5.10 Å². The van der Waals surface area contributed by atoms with Crippen molar-refractivity contribution in [2.75, 3.05) is 0 Å². The van der Waals surface area contributed by atoms with Gasteiger partial charge in [0.15, 0.2) is 0 Å². The van der Waals surface area contributed by atoms with Crippen LogP contribution in [0.1, 0.15) is 36.8 Å². The molecule has 1 aromatic carbocycles. The van der Waals surface area contributed by atoms with Gasteiger partial charge in [0, 0.05) is 23.5 Å². The fourth-order valence-corrected chi connectivity index (χ4v) is 2.66. The van der Waals surface area contributed by atoms with Gasteiger partial charge in [-0.1, -0.05) is 41.9 Å². The number of nitrogens with zero attached hydrogens (tertiary/aromatic N) is 3. The first-order valence-electron chi connectivity index (χ1n) is 6.86. The highest BCUT2D eigenvalue weighted by molar-refractivity contribution is 9.10. The minimum absolute atomic E-state index is 0.0670. The Morgan fingerprint density at radius 3 is 2.80 bits per heavy atom. The molecule has 0 aliphatic rings. The lowest BCUT2D eigenvalue weighted by molar-refractivity contribution is 0.459. The van der Waals surface area contributed by atoms with Gasteiger partial charge in [-0.25, -0.2) is 9.67 Å². The fraction of sp³-hybridized carbons (Fsp3) is 0.467. The lowest BCUT2D eigenvalue weighted by Crippen LogP contribution is -2.19. The molecule has 0 saturated carbocycles. The number of hydrogen-bond acceptors (Lipinski definition) is 3. The van der Waals surface area contributed by atoms with E-state index in [4.69, 9.17) is 5.73 Å². The summed E-state index contributed by atoms with van der Waals surface area (Å²) in [7, 11) is 0. The average molecular weight is 337 g/mol. The van der Waals surface area contributed by atoms with E-state index in [9.17, 15) is 0 Å². The predicted octanol–water partition coefficient (Wildman–Crippen LogP) is 3.25. The summed E-state index contributed by atoms with van der Waals surface area (Å²) >= 11 is 3.55. The molecule has 0 radical (unpaired) electrons. The van der Waals surface area contributed by atoms with Gasteiger partial charge in [0.25, 0.3) is 0 Å². The summed E-state index contributed by atoms with van der Waals surface area (Å²) in [6.07, 6.45) is 2.31. The average Bonchev–Trinajstić information content (AvgIpc) is 2.79. The maximum Gasteiger partial charge on any atom is 0.138 e. The maximum atomic E-state index is 6.35. The van der Waals surface area contributed by atoms with Gasteiger partial charge < -0.3 is 5.73 Å². The Kier molecular flexibility index (Phi) is 4.94. The van der Waals surface area contributed by atoms with Crippen molar-refractivity contribution in [3.63, 3.8) is 0 Å². The van der Waals surface area contributed by atoms with Gasteiger partial charge >= 0.3 is 0 Å². The number of hydrogen-bond donors (Lipinski definition) is 1. The zero-order chi connectivity index (χ0) is 14.7. The molecular formula is C15H21BrN4. The van der Waals surface area contributed by atoms with Gasteiger partial charge in [0.1, 0.15) is 12.2 Å². The topological polar surface area (TPSA) is 56.7 Å². The first kappa shape index (κ1) is 15.2. The Hall–Kier alpha value is -1.20. The molecule has 0 fully saturated rings. The Labute approximate surface area is 128 Å². The first-order chi connectivity index (χ1) is 9.49.